The molecular weight excluding hydrogens is 192 g/mol. The third kappa shape index (κ3) is 5.74. The maximum absolute atomic E-state index is 10.6. The van der Waals surface area contributed by atoms with E-state index in [4.69, 9.17) is 0 Å². The highest BCUT2D eigenvalue weighted by molar-refractivity contribution is 5.72. The van der Waals surface area contributed by atoms with Gasteiger partial charge in [0.25, 0.3) is 0 Å². The van der Waals surface area contributed by atoms with Crippen molar-refractivity contribution in [2.24, 2.45) is 5.92 Å². The van der Waals surface area contributed by atoms with Gasteiger partial charge in [0.1, 0.15) is 0 Å². The molecule has 15 heavy (non-hydrogen) atoms. The molecule has 4 heteroatoms. The molecular formula is C11H22N2O2. The van der Waals surface area contributed by atoms with Gasteiger partial charge in [-0.05, 0) is 38.1 Å². The highest BCUT2D eigenvalue weighted by Gasteiger charge is 2.18. The number of aliphatic hydroxyl groups excluding tert-OH is 1. The number of nitrogens with one attached hydrogen (secondary N) is 2. The predicted molar refractivity (Wildman–Crippen MR) is 59.5 cm³/mol. The highest BCUT2D eigenvalue weighted by Crippen LogP contribution is 2.23. The van der Waals surface area contributed by atoms with Gasteiger partial charge in [-0.3, -0.25) is 4.79 Å². The molecule has 0 aromatic carbocycles. The summed E-state index contributed by atoms with van der Waals surface area (Å²) in [6.07, 6.45) is 4.05. The summed E-state index contributed by atoms with van der Waals surface area (Å²) in [4.78, 5) is 10.6. The topological polar surface area (TPSA) is 61.4 Å². The van der Waals surface area contributed by atoms with E-state index in [2.05, 4.69) is 10.6 Å². The second-order valence-corrected chi connectivity index (χ2v) is 4.36. The quantitative estimate of drug-likeness (QED) is 0.575. The van der Waals surface area contributed by atoms with Crippen LogP contribution in [0.25, 0.3) is 0 Å². The van der Waals surface area contributed by atoms with E-state index >= 15 is 0 Å². The van der Waals surface area contributed by atoms with Crippen LogP contribution in [-0.4, -0.2) is 36.8 Å². The van der Waals surface area contributed by atoms with E-state index in [1.165, 1.54) is 6.92 Å². The molecule has 0 aromatic rings. The van der Waals surface area contributed by atoms with Gasteiger partial charge in [0.15, 0.2) is 0 Å². The lowest BCUT2D eigenvalue weighted by Crippen LogP contribution is -2.34. The molecule has 4 nitrogen and oxygen atoms in total. The molecule has 0 bridgehead atoms. The molecule has 1 saturated carbocycles. The summed E-state index contributed by atoms with van der Waals surface area (Å²) in [6.45, 7) is 4.07. The molecule has 0 aliphatic heterocycles. The van der Waals surface area contributed by atoms with E-state index in [-0.39, 0.29) is 12.0 Å². The first-order chi connectivity index (χ1) is 7.18. The fourth-order valence-corrected chi connectivity index (χ4v) is 1.98. The first kappa shape index (κ1) is 12.5. The summed E-state index contributed by atoms with van der Waals surface area (Å²) in [5.74, 6) is 0.725. The van der Waals surface area contributed by atoms with Gasteiger partial charge in [-0.25, -0.2) is 0 Å². The lowest BCUT2D eigenvalue weighted by atomic mass is 9.87. The Balaban J connectivity index is 1.94. The van der Waals surface area contributed by atoms with Crippen molar-refractivity contribution in [1.29, 1.82) is 0 Å². The number of carbonyl (C=O) groups is 1. The maximum Gasteiger partial charge on any atom is 0.216 e. The molecule has 0 radical (unpaired) electrons. The molecule has 0 saturated heterocycles. The van der Waals surface area contributed by atoms with Crippen LogP contribution in [0.3, 0.4) is 0 Å². The summed E-state index contributed by atoms with van der Waals surface area (Å²) in [6, 6.07) is 0. The Bertz CT molecular complexity index is 189. The summed E-state index contributed by atoms with van der Waals surface area (Å²) in [5, 5.41) is 15.4. The van der Waals surface area contributed by atoms with Gasteiger partial charge in [-0.2, -0.15) is 0 Å². The van der Waals surface area contributed by atoms with Crippen molar-refractivity contribution in [1.82, 2.24) is 10.6 Å². The van der Waals surface area contributed by atoms with Crippen molar-refractivity contribution in [2.45, 2.75) is 38.7 Å². The van der Waals surface area contributed by atoms with Crippen LogP contribution >= 0.6 is 0 Å². The second kappa shape index (κ2) is 6.80. The summed E-state index contributed by atoms with van der Waals surface area (Å²) >= 11 is 0. The standard InChI is InChI=1S/C11H22N2O2/c1-9(14)13-7-6-12-8-10-2-4-11(15)5-3-10/h10-12,15H,2-8H2,1H3,(H,13,14). The molecule has 0 aromatic heterocycles. The average molecular weight is 214 g/mol. The number of hydrogen-bond acceptors (Lipinski definition) is 3. The molecule has 0 atom stereocenters. The van der Waals surface area contributed by atoms with Crippen LogP contribution in [0.15, 0.2) is 0 Å². The first-order valence-electron chi connectivity index (χ1n) is 5.81. The van der Waals surface area contributed by atoms with Crippen LogP contribution in [-0.2, 0) is 4.79 Å². The lowest BCUT2D eigenvalue weighted by Gasteiger charge is -2.25. The van der Waals surface area contributed by atoms with Crippen LogP contribution in [0, 0.1) is 5.92 Å². The van der Waals surface area contributed by atoms with Gasteiger partial charge in [0.05, 0.1) is 6.10 Å². The minimum Gasteiger partial charge on any atom is -0.393 e. The Kier molecular flexibility index (Phi) is 5.65. The zero-order valence-corrected chi connectivity index (χ0v) is 9.46. The van der Waals surface area contributed by atoms with E-state index in [9.17, 15) is 9.90 Å². The summed E-state index contributed by atoms with van der Waals surface area (Å²) < 4.78 is 0. The van der Waals surface area contributed by atoms with Crippen LogP contribution in [0.1, 0.15) is 32.6 Å². The SMILES string of the molecule is CC(=O)NCCNCC1CCC(O)CC1. The number of rotatable bonds is 5. The lowest BCUT2D eigenvalue weighted by molar-refractivity contribution is -0.118. The van der Waals surface area contributed by atoms with Crippen molar-refractivity contribution in [3.05, 3.63) is 0 Å². The zero-order valence-electron chi connectivity index (χ0n) is 9.46. The average Bonchev–Trinajstić information content (AvgIpc) is 2.20. The van der Waals surface area contributed by atoms with Crippen LogP contribution < -0.4 is 10.6 Å². The molecule has 1 fully saturated rings. The largest absolute Gasteiger partial charge is 0.393 e. The van der Waals surface area contributed by atoms with Crippen molar-refractivity contribution in [3.63, 3.8) is 0 Å². The van der Waals surface area contributed by atoms with Crippen LogP contribution in [0.5, 0.6) is 0 Å². The third-order valence-corrected chi connectivity index (χ3v) is 2.93. The number of aliphatic hydroxyl groups is 1. The van der Waals surface area contributed by atoms with Crippen molar-refractivity contribution >= 4 is 5.91 Å². The Labute approximate surface area is 91.4 Å². The Hall–Kier alpha value is -0.610. The van der Waals surface area contributed by atoms with Gasteiger partial charge >= 0.3 is 0 Å². The smallest absolute Gasteiger partial charge is 0.216 e. The first-order valence-corrected chi connectivity index (χ1v) is 5.81. The summed E-state index contributed by atoms with van der Waals surface area (Å²) in [7, 11) is 0. The van der Waals surface area contributed by atoms with E-state index in [1.54, 1.807) is 0 Å². The molecule has 1 aliphatic carbocycles. The van der Waals surface area contributed by atoms with Crippen molar-refractivity contribution in [2.75, 3.05) is 19.6 Å². The molecule has 0 heterocycles. The van der Waals surface area contributed by atoms with E-state index in [0.717, 1.165) is 38.8 Å². The molecule has 0 spiro atoms. The van der Waals surface area contributed by atoms with Gasteiger partial charge in [-0.15, -0.1) is 0 Å². The maximum atomic E-state index is 10.6. The van der Waals surface area contributed by atoms with Gasteiger partial charge < -0.3 is 15.7 Å². The van der Waals surface area contributed by atoms with E-state index in [1.807, 2.05) is 0 Å². The highest BCUT2D eigenvalue weighted by atomic mass is 16.3. The Morgan fingerprint density at radius 3 is 2.53 bits per heavy atom. The second-order valence-electron chi connectivity index (χ2n) is 4.36. The van der Waals surface area contributed by atoms with Crippen molar-refractivity contribution < 1.29 is 9.90 Å². The minimum absolute atomic E-state index is 0.0255. The zero-order chi connectivity index (χ0) is 11.1. The number of amides is 1. The third-order valence-electron chi connectivity index (χ3n) is 2.93. The van der Waals surface area contributed by atoms with Crippen molar-refractivity contribution in [3.8, 4) is 0 Å². The predicted octanol–water partition coefficient (Wildman–Crippen LogP) is 0.263. The molecule has 1 aliphatic rings. The monoisotopic (exact) mass is 214 g/mol. The summed E-state index contributed by atoms with van der Waals surface area (Å²) in [5.41, 5.74) is 0. The number of hydrogen-bond donors (Lipinski definition) is 3. The normalized spacial score (nSPS) is 26.3. The Morgan fingerprint density at radius 1 is 1.27 bits per heavy atom. The Morgan fingerprint density at radius 2 is 1.93 bits per heavy atom. The van der Waals surface area contributed by atoms with Crippen LogP contribution in [0.2, 0.25) is 0 Å². The molecule has 0 unspecified atom stereocenters. The van der Waals surface area contributed by atoms with E-state index < -0.39 is 0 Å². The fraction of sp³-hybridized carbons (Fsp3) is 0.909. The van der Waals surface area contributed by atoms with E-state index in [0.29, 0.717) is 12.5 Å². The molecule has 3 N–H and O–H groups in total. The van der Waals surface area contributed by atoms with Gasteiger partial charge in [0.2, 0.25) is 5.91 Å². The molecule has 88 valence electrons. The minimum atomic E-state index is -0.0689. The van der Waals surface area contributed by atoms with Crippen LogP contribution in [0.4, 0.5) is 0 Å². The molecule has 1 rings (SSSR count). The number of carbonyl (C=O) groups excluding carboxylic acids is 1. The van der Waals surface area contributed by atoms with Gasteiger partial charge in [0, 0.05) is 20.0 Å². The van der Waals surface area contributed by atoms with Gasteiger partial charge in [-0.1, -0.05) is 0 Å². The molecule has 1 amide bonds. The fourth-order valence-electron chi connectivity index (χ4n) is 1.98.